The molecule has 0 fully saturated rings. The van der Waals surface area contributed by atoms with Gasteiger partial charge in [0.2, 0.25) is 5.91 Å². The number of nitrogens with one attached hydrogen (secondary N) is 1. The van der Waals surface area contributed by atoms with Gasteiger partial charge in [0.1, 0.15) is 5.82 Å². The number of halogens is 1. The maximum atomic E-state index is 13.4. The molecule has 0 aliphatic rings. The van der Waals surface area contributed by atoms with E-state index in [1.165, 1.54) is 23.5 Å². The van der Waals surface area contributed by atoms with Crippen LogP contribution in [0.5, 0.6) is 0 Å². The molecule has 7 heteroatoms. The molecule has 1 aromatic heterocycles. The van der Waals surface area contributed by atoms with Crippen molar-refractivity contribution in [1.29, 1.82) is 0 Å². The zero-order valence-corrected chi connectivity index (χ0v) is 18.7. The van der Waals surface area contributed by atoms with E-state index in [1.54, 1.807) is 30.0 Å². The highest BCUT2D eigenvalue weighted by Crippen LogP contribution is 2.26. The van der Waals surface area contributed by atoms with Crippen LogP contribution in [0, 0.1) is 5.82 Å². The summed E-state index contributed by atoms with van der Waals surface area (Å²) in [5, 5.41) is 4.75. The number of rotatable bonds is 8. The van der Waals surface area contributed by atoms with Gasteiger partial charge in [-0.2, -0.15) is 0 Å². The predicted molar refractivity (Wildman–Crippen MR) is 124 cm³/mol. The second-order valence-electron chi connectivity index (χ2n) is 7.40. The van der Waals surface area contributed by atoms with Gasteiger partial charge in [-0.25, -0.2) is 4.39 Å². The molecule has 31 heavy (non-hydrogen) atoms. The van der Waals surface area contributed by atoms with Crippen molar-refractivity contribution < 1.29 is 14.0 Å². The number of anilines is 2. The first-order valence-electron chi connectivity index (χ1n) is 10.0. The van der Waals surface area contributed by atoms with Crippen molar-refractivity contribution in [2.24, 2.45) is 0 Å². The third-order valence-corrected chi connectivity index (χ3v) is 5.69. The topological polar surface area (TPSA) is 52.7 Å². The van der Waals surface area contributed by atoms with E-state index in [9.17, 15) is 14.0 Å². The van der Waals surface area contributed by atoms with E-state index in [-0.39, 0.29) is 17.6 Å². The maximum Gasteiger partial charge on any atom is 0.264 e. The molecule has 0 saturated carbocycles. The summed E-state index contributed by atoms with van der Waals surface area (Å²) in [4.78, 5) is 29.5. The van der Waals surface area contributed by atoms with E-state index in [4.69, 9.17) is 0 Å². The molecule has 0 unspecified atom stereocenters. The fraction of sp³-hybridized carbons (Fsp3) is 0.250. The Morgan fingerprint density at radius 2 is 1.77 bits per heavy atom. The summed E-state index contributed by atoms with van der Waals surface area (Å²) in [6.07, 6.45) is 0.387. The van der Waals surface area contributed by atoms with E-state index >= 15 is 0 Å². The highest BCUT2D eigenvalue weighted by Gasteiger charge is 2.20. The fourth-order valence-corrected chi connectivity index (χ4v) is 3.94. The lowest BCUT2D eigenvalue weighted by Gasteiger charge is -2.26. The summed E-state index contributed by atoms with van der Waals surface area (Å²) in [6.45, 7) is 2.49. The van der Waals surface area contributed by atoms with Crippen molar-refractivity contribution >= 4 is 34.5 Å². The molecule has 162 valence electrons. The van der Waals surface area contributed by atoms with Gasteiger partial charge in [-0.1, -0.05) is 25.1 Å². The predicted octanol–water partition coefficient (Wildman–Crippen LogP) is 5.14. The number of hydrogen-bond acceptors (Lipinski definition) is 4. The van der Waals surface area contributed by atoms with Crippen LogP contribution in [0.15, 0.2) is 60.0 Å². The number of hydrogen-bond donors (Lipinski definition) is 1. The van der Waals surface area contributed by atoms with E-state index in [0.29, 0.717) is 30.1 Å². The largest absolute Gasteiger partial charge is 0.377 e. The van der Waals surface area contributed by atoms with Crippen LogP contribution in [-0.4, -0.2) is 30.8 Å². The van der Waals surface area contributed by atoms with Crippen molar-refractivity contribution in [3.05, 3.63) is 81.8 Å². The Morgan fingerprint density at radius 1 is 1.03 bits per heavy atom. The lowest BCUT2D eigenvalue weighted by molar-refractivity contribution is -0.115. The first-order chi connectivity index (χ1) is 14.9. The van der Waals surface area contributed by atoms with E-state index in [1.807, 2.05) is 48.6 Å². The van der Waals surface area contributed by atoms with Gasteiger partial charge in [-0.3, -0.25) is 9.59 Å². The minimum atomic E-state index is -0.311. The minimum Gasteiger partial charge on any atom is -0.377 e. The van der Waals surface area contributed by atoms with Crippen LogP contribution in [-0.2, 0) is 17.9 Å². The molecule has 0 aliphatic carbocycles. The monoisotopic (exact) mass is 439 g/mol. The van der Waals surface area contributed by atoms with Crippen LogP contribution >= 0.6 is 11.3 Å². The highest BCUT2D eigenvalue weighted by molar-refractivity contribution is 7.12. The number of carbonyl (C=O) groups is 2. The summed E-state index contributed by atoms with van der Waals surface area (Å²) in [7, 11) is 3.88. The average Bonchev–Trinajstić information content (AvgIpc) is 3.29. The van der Waals surface area contributed by atoms with Crippen LogP contribution in [0.4, 0.5) is 15.8 Å². The molecule has 0 aliphatic heterocycles. The van der Waals surface area contributed by atoms with Gasteiger partial charge in [0.15, 0.2) is 0 Å². The maximum absolute atomic E-state index is 13.4. The Kier molecular flexibility index (Phi) is 7.41. The molecule has 2 amide bonds. The summed E-state index contributed by atoms with van der Waals surface area (Å²) in [5.41, 5.74) is 3.40. The number of benzene rings is 2. The molecule has 0 saturated heterocycles. The summed E-state index contributed by atoms with van der Waals surface area (Å²) in [6, 6.07) is 15.5. The van der Waals surface area contributed by atoms with Gasteiger partial charge in [0.05, 0.1) is 4.88 Å². The molecule has 0 bridgehead atoms. The third kappa shape index (κ3) is 5.92. The fourth-order valence-electron chi connectivity index (χ4n) is 3.25. The number of thiophene rings is 1. The van der Waals surface area contributed by atoms with Gasteiger partial charge < -0.3 is 15.1 Å². The SMILES string of the molecule is CCC(=O)Nc1ccc(N(C)C)c(CN(Cc2ccc(F)cc2)C(=O)c2cccs2)c1. The first-order valence-corrected chi connectivity index (χ1v) is 10.9. The van der Waals surface area contributed by atoms with Gasteiger partial charge in [0, 0.05) is 45.0 Å². The molecule has 5 nitrogen and oxygen atoms in total. The molecule has 1 N–H and O–H groups in total. The summed E-state index contributed by atoms with van der Waals surface area (Å²) < 4.78 is 13.4. The highest BCUT2D eigenvalue weighted by atomic mass is 32.1. The van der Waals surface area contributed by atoms with Crippen molar-refractivity contribution in [1.82, 2.24) is 4.90 Å². The Labute approximate surface area is 186 Å². The summed E-state index contributed by atoms with van der Waals surface area (Å²) >= 11 is 1.39. The summed E-state index contributed by atoms with van der Waals surface area (Å²) in [5.74, 6) is -0.470. The minimum absolute atomic E-state index is 0.0682. The smallest absolute Gasteiger partial charge is 0.264 e. The van der Waals surface area contributed by atoms with E-state index in [2.05, 4.69) is 5.32 Å². The zero-order valence-electron chi connectivity index (χ0n) is 17.9. The molecule has 3 aromatic rings. The third-order valence-electron chi connectivity index (χ3n) is 4.83. The molecule has 0 atom stereocenters. The van der Waals surface area contributed by atoms with Crippen LogP contribution in [0.2, 0.25) is 0 Å². The molecule has 0 spiro atoms. The molecule has 2 aromatic carbocycles. The molecular weight excluding hydrogens is 413 g/mol. The molecule has 3 rings (SSSR count). The standard InChI is InChI=1S/C24H26FN3O2S/c1-4-23(29)26-20-11-12-21(27(2)3)18(14-20)16-28(24(30)22-6-5-13-31-22)15-17-7-9-19(25)10-8-17/h5-14H,4,15-16H2,1-3H3,(H,26,29). The van der Waals surface area contributed by atoms with Crippen molar-refractivity contribution in [2.75, 3.05) is 24.3 Å². The quantitative estimate of drug-likeness (QED) is 0.528. The van der Waals surface area contributed by atoms with Crippen LogP contribution in [0.3, 0.4) is 0 Å². The van der Waals surface area contributed by atoms with Crippen LogP contribution in [0.1, 0.15) is 34.1 Å². The van der Waals surface area contributed by atoms with Crippen molar-refractivity contribution in [3.63, 3.8) is 0 Å². The van der Waals surface area contributed by atoms with Gasteiger partial charge in [-0.15, -0.1) is 11.3 Å². The Morgan fingerprint density at radius 3 is 2.39 bits per heavy atom. The lowest BCUT2D eigenvalue weighted by Crippen LogP contribution is -2.30. The van der Waals surface area contributed by atoms with Crippen LogP contribution in [0.25, 0.3) is 0 Å². The van der Waals surface area contributed by atoms with Crippen molar-refractivity contribution in [3.8, 4) is 0 Å². The van der Waals surface area contributed by atoms with E-state index < -0.39 is 0 Å². The van der Waals surface area contributed by atoms with Gasteiger partial charge >= 0.3 is 0 Å². The number of carbonyl (C=O) groups excluding carboxylic acids is 2. The second-order valence-corrected chi connectivity index (χ2v) is 8.35. The molecular formula is C24H26FN3O2S. The Bertz CT molecular complexity index is 1030. The van der Waals surface area contributed by atoms with Gasteiger partial charge in [-0.05, 0) is 52.9 Å². The molecule has 0 radical (unpaired) electrons. The van der Waals surface area contributed by atoms with E-state index in [0.717, 1.165) is 16.8 Å². The second kappa shape index (κ2) is 10.2. The van der Waals surface area contributed by atoms with Gasteiger partial charge in [0.25, 0.3) is 5.91 Å². The molecule has 1 heterocycles. The van der Waals surface area contributed by atoms with Crippen molar-refractivity contribution in [2.45, 2.75) is 26.4 Å². The lowest BCUT2D eigenvalue weighted by atomic mass is 10.1. The zero-order chi connectivity index (χ0) is 22.4. The average molecular weight is 440 g/mol. The normalized spacial score (nSPS) is 10.6. The number of amides is 2. The first kappa shape index (κ1) is 22.5. The van der Waals surface area contributed by atoms with Crippen LogP contribution < -0.4 is 10.2 Å². The number of nitrogens with zero attached hydrogens (tertiary/aromatic N) is 2. The Hall–Kier alpha value is -3.19. The Balaban J connectivity index is 1.95.